The minimum atomic E-state index is -3.79. The van der Waals surface area contributed by atoms with E-state index in [-0.39, 0.29) is 25.4 Å². The summed E-state index contributed by atoms with van der Waals surface area (Å²) in [7, 11) is -3.79. The first-order valence-electron chi connectivity index (χ1n) is 11.9. The molecule has 0 aliphatic carbocycles. The van der Waals surface area contributed by atoms with Gasteiger partial charge in [-0.1, -0.05) is 35.9 Å². The van der Waals surface area contributed by atoms with Crippen molar-refractivity contribution in [2.24, 2.45) is 11.8 Å². The Bertz CT molecular complexity index is 1170. The lowest BCUT2D eigenvalue weighted by molar-refractivity contribution is -0.157. The molecule has 2 atom stereocenters. The minimum absolute atomic E-state index is 0.00325. The fourth-order valence-electron chi connectivity index (χ4n) is 3.83. The molecule has 7 nitrogen and oxygen atoms in total. The molecule has 0 bridgehead atoms. The highest BCUT2D eigenvalue weighted by molar-refractivity contribution is 7.85. The Hall–Kier alpha value is -2.49. The van der Waals surface area contributed by atoms with Gasteiger partial charge in [0.05, 0.1) is 25.4 Å². The Morgan fingerprint density at radius 1 is 1.08 bits per heavy atom. The van der Waals surface area contributed by atoms with Crippen LogP contribution in [0, 0.1) is 17.7 Å². The van der Waals surface area contributed by atoms with Crippen LogP contribution in [-0.2, 0) is 39.8 Å². The van der Waals surface area contributed by atoms with Gasteiger partial charge < -0.3 is 9.47 Å². The Kier molecular flexibility index (Phi) is 11.1. The summed E-state index contributed by atoms with van der Waals surface area (Å²) in [5.41, 5.74) is 1.15. The lowest BCUT2D eigenvalue weighted by Crippen LogP contribution is -2.30. The van der Waals surface area contributed by atoms with Crippen molar-refractivity contribution in [1.82, 2.24) is 0 Å². The van der Waals surface area contributed by atoms with Crippen LogP contribution in [0.5, 0.6) is 0 Å². The smallest absolute Gasteiger partial charge is 0.311 e. The van der Waals surface area contributed by atoms with Crippen molar-refractivity contribution in [3.8, 4) is 11.1 Å². The third-order valence-corrected chi connectivity index (χ3v) is 6.11. The van der Waals surface area contributed by atoms with Crippen LogP contribution in [0.3, 0.4) is 0 Å². The second-order valence-corrected chi connectivity index (χ2v) is 11.9. The zero-order chi connectivity index (χ0) is 27.8. The number of hydrogen-bond donors (Lipinski definition) is 0. The summed E-state index contributed by atoms with van der Waals surface area (Å²) in [6, 6.07) is 11.5. The van der Waals surface area contributed by atoms with Crippen molar-refractivity contribution < 1.29 is 36.1 Å². The van der Waals surface area contributed by atoms with Gasteiger partial charge in [0.1, 0.15) is 11.4 Å². The van der Waals surface area contributed by atoms with E-state index in [0.29, 0.717) is 22.6 Å². The number of hydrogen-bond acceptors (Lipinski definition) is 7. The van der Waals surface area contributed by atoms with Gasteiger partial charge in [-0.05, 0) is 75.8 Å². The summed E-state index contributed by atoms with van der Waals surface area (Å²) in [5.74, 6) is -2.74. The van der Waals surface area contributed by atoms with Gasteiger partial charge in [-0.25, -0.2) is 4.39 Å². The fraction of sp³-hybridized carbons (Fsp3) is 0.481. The van der Waals surface area contributed by atoms with E-state index < -0.39 is 46.0 Å². The minimum Gasteiger partial charge on any atom is -0.466 e. The first-order valence-corrected chi connectivity index (χ1v) is 14.1. The molecule has 204 valence electrons. The van der Waals surface area contributed by atoms with Gasteiger partial charge in [0.2, 0.25) is 0 Å². The van der Waals surface area contributed by atoms with E-state index in [1.165, 1.54) is 12.1 Å². The number of ether oxygens (including phenoxy) is 2. The average molecular weight is 557 g/mol. The van der Waals surface area contributed by atoms with Crippen LogP contribution < -0.4 is 0 Å². The molecule has 0 heterocycles. The number of benzene rings is 2. The monoisotopic (exact) mass is 556 g/mol. The van der Waals surface area contributed by atoms with Crippen LogP contribution >= 0.6 is 11.6 Å². The Labute approximate surface area is 223 Å². The molecule has 2 aromatic rings. The first-order chi connectivity index (χ1) is 17.2. The van der Waals surface area contributed by atoms with Gasteiger partial charge in [0.15, 0.2) is 0 Å². The van der Waals surface area contributed by atoms with E-state index in [1.54, 1.807) is 45.9 Å². The molecule has 0 aliphatic rings. The maximum atomic E-state index is 14.3. The number of carbonyl (C=O) groups excluding carboxylic acids is 2. The SMILES string of the molecule is CCOC(=O)[C@H](COS(C)(=O)=O)C[C@H](CC(=O)OC(C)(C)C)Cc1ccc(-c2cc(Cl)ccc2F)cc1. The van der Waals surface area contributed by atoms with Gasteiger partial charge in [-0.2, -0.15) is 8.42 Å². The lowest BCUT2D eigenvalue weighted by Gasteiger charge is -2.25. The molecule has 0 aromatic heterocycles. The molecule has 0 unspecified atom stereocenters. The molecule has 0 radical (unpaired) electrons. The third-order valence-electron chi connectivity index (χ3n) is 5.31. The molecular weight excluding hydrogens is 523 g/mol. The second-order valence-electron chi connectivity index (χ2n) is 9.86. The summed E-state index contributed by atoms with van der Waals surface area (Å²) in [5, 5.41) is 0.416. The van der Waals surface area contributed by atoms with Crippen molar-refractivity contribution in [2.45, 2.75) is 52.6 Å². The van der Waals surface area contributed by atoms with Gasteiger partial charge in [-0.3, -0.25) is 13.8 Å². The topological polar surface area (TPSA) is 96.0 Å². The van der Waals surface area contributed by atoms with Gasteiger partial charge in [0, 0.05) is 17.0 Å². The quantitative estimate of drug-likeness (QED) is 0.248. The predicted octanol–water partition coefficient (Wildman–Crippen LogP) is 5.58. The van der Waals surface area contributed by atoms with E-state index in [0.717, 1.165) is 11.8 Å². The molecule has 10 heteroatoms. The summed E-state index contributed by atoms with van der Waals surface area (Å²) < 4.78 is 52.8. The second kappa shape index (κ2) is 13.3. The maximum absolute atomic E-state index is 14.3. The van der Waals surface area contributed by atoms with E-state index >= 15 is 0 Å². The zero-order valence-corrected chi connectivity index (χ0v) is 23.3. The van der Waals surface area contributed by atoms with Crippen LogP contribution in [0.4, 0.5) is 4.39 Å². The van der Waals surface area contributed by atoms with Crippen molar-refractivity contribution in [1.29, 1.82) is 0 Å². The first kappa shape index (κ1) is 30.7. The van der Waals surface area contributed by atoms with Gasteiger partial charge in [-0.15, -0.1) is 0 Å². The third kappa shape index (κ3) is 11.2. The summed E-state index contributed by atoms with van der Waals surface area (Å²) in [6.45, 7) is 6.65. The van der Waals surface area contributed by atoms with Gasteiger partial charge in [0.25, 0.3) is 10.1 Å². The van der Waals surface area contributed by atoms with Crippen LogP contribution in [0.2, 0.25) is 5.02 Å². The van der Waals surface area contributed by atoms with Crippen molar-refractivity contribution in [2.75, 3.05) is 19.5 Å². The highest BCUT2D eigenvalue weighted by Crippen LogP contribution is 2.29. The highest BCUT2D eigenvalue weighted by atomic mass is 35.5. The van der Waals surface area contributed by atoms with E-state index in [2.05, 4.69) is 0 Å². The standard InChI is InChI=1S/C27H34ClFO7S/c1-6-34-26(31)21(17-35-37(5,32)33)14-19(15-25(30)36-27(2,3)4)13-18-7-9-20(10-8-18)23-16-22(28)11-12-24(23)29/h7-12,16,19,21H,6,13-15,17H2,1-5H3/t19-,21+/m1/s1. The molecular formula is C27H34ClFO7S. The van der Waals surface area contributed by atoms with E-state index in [9.17, 15) is 22.4 Å². The lowest BCUT2D eigenvalue weighted by atomic mass is 9.87. The van der Waals surface area contributed by atoms with Crippen molar-refractivity contribution >= 4 is 33.7 Å². The summed E-state index contributed by atoms with van der Waals surface area (Å²) in [6.07, 6.45) is 1.42. The van der Waals surface area contributed by atoms with Crippen LogP contribution in [0.25, 0.3) is 11.1 Å². The summed E-state index contributed by atoms with van der Waals surface area (Å²) >= 11 is 6.02. The molecule has 2 aromatic carbocycles. The normalized spacial score (nSPS) is 13.6. The van der Waals surface area contributed by atoms with Crippen LogP contribution in [0.1, 0.15) is 46.1 Å². The number of halogens is 2. The molecule has 0 aliphatic heterocycles. The molecule has 0 saturated carbocycles. The van der Waals surface area contributed by atoms with E-state index in [1.807, 2.05) is 12.1 Å². The Morgan fingerprint density at radius 3 is 2.30 bits per heavy atom. The molecule has 0 spiro atoms. The van der Waals surface area contributed by atoms with Crippen LogP contribution in [-0.4, -0.2) is 45.4 Å². The molecule has 0 saturated heterocycles. The fourth-order valence-corrected chi connectivity index (χ4v) is 4.41. The molecule has 37 heavy (non-hydrogen) atoms. The number of esters is 2. The van der Waals surface area contributed by atoms with Crippen molar-refractivity contribution in [3.05, 3.63) is 58.9 Å². The molecule has 0 amide bonds. The highest BCUT2D eigenvalue weighted by Gasteiger charge is 2.29. The molecule has 2 rings (SSSR count). The molecule has 0 N–H and O–H groups in total. The Morgan fingerprint density at radius 2 is 1.73 bits per heavy atom. The van der Waals surface area contributed by atoms with Crippen molar-refractivity contribution in [3.63, 3.8) is 0 Å². The maximum Gasteiger partial charge on any atom is 0.311 e. The number of rotatable bonds is 12. The summed E-state index contributed by atoms with van der Waals surface area (Å²) in [4.78, 5) is 25.2. The average Bonchev–Trinajstić information content (AvgIpc) is 2.77. The molecule has 0 fully saturated rings. The van der Waals surface area contributed by atoms with Gasteiger partial charge >= 0.3 is 11.9 Å². The van der Waals surface area contributed by atoms with E-state index in [4.69, 9.17) is 25.3 Å². The predicted molar refractivity (Wildman–Crippen MR) is 140 cm³/mol. The number of carbonyl (C=O) groups is 2. The largest absolute Gasteiger partial charge is 0.466 e. The zero-order valence-electron chi connectivity index (χ0n) is 21.8. The van der Waals surface area contributed by atoms with Crippen LogP contribution in [0.15, 0.2) is 42.5 Å². The Balaban J connectivity index is 2.28.